The quantitative estimate of drug-likeness (QED) is 0.750. The van der Waals surface area contributed by atoms with Gasteiger partial charge < -0.3 is 10.1 Å². The summed E-state index contributed by atoms with van der Waals surface area (Å²) in [6.07, 6.45) is 1.69. The van der Waals surface area contributed by atoms with Gasteiger partial charge in [0.2, 0.25) is 5.91 Å². The molecule has 0 aliphatic heterocycles. The molecule has 1 aromatic rings. The number of urea groups is 1. The van der Waals surface area contributed by atoms with E-state index in [9.17, 15) is 9.59 Å². The minimum atomic E-state index is -0.506. The Labute approximate surface area is 131 Å². The van der Waals surface area contributed by atoms with Gasteiger partial charge in [0, 0.05) is 13.6 Å². The normalized spacial score (nSPS) is 11.6. The van der Waals surface area contributed by atoms with Crippen LogP contribution in [0.2, 0.25) is 0 Å². The smallest absolute Gasteiger partial charge is 0.321 e. The molecule has 1 atom stereocenters. The first-order valence-corrected chi connectivity index (χ1v) is 7.03. The zero-order valence-electron chi connectivity index (χ0n) is 13.3. The fourth-order valence-corrected chi connectivity index (χ4v) is 1.75. The van der Waals surface area contributed by atoms with Crippen molar-refractivity contribution < 1.29 is 14.3 Å². The van der Waals surface area contributed by atoms with Crippen LogP contribution in [0, 0.1) is 0 Å². The Kier molecular flexibility index (Phi) is 7.12. The Bertz CT molecular complexity index is 514. The van der Waals surface area contributed by atoms with Crippen LogP contribution >= 0.6 is 0 Å². The predicted molar refractivity (Wildman–Crippen MR) is 85.7 cm³/mol. The molecule has 1 aromatic carbocycles. The van der Waals surface area contributed by atoms with Gasteiger partial charge in [-0.1, -0.05) is 24.8 Å². The first-order chi connectivity index (χ1) is 10.5. The average molecular weight is 305 g/mol. The lowest BCUT2D eigenvalue weighted by molar-refractivity contribution is -0.124. The Hall–Kier alpha value is -2.34. The number of ether oxygens (including phenoxy) is 1. The van der Waals surface area contributed by atoms with E-state index in [1.54, 1.807) is 13.0 Å². The lowest BCUT2D eigenvalue weighted by Gasteiger charge is -2.23. The molecule has 1 unspecified atom stereocenters. The second kappa shape index (κ2) is 8.84. The molecule has 0 heterocycles. The molecular formula is C16H23N3O3. The molecule has 0 aromatic heterocycles. The number of amides is 3. The van der Waals surface area contributed by atoms with Gasteiger partial charge in [0.05, 0.1) is 6.04 Å². The zero-order valence-corrected chi connectivity index (χ0v) is 13.3. The first kappa shape index (κ1) is 17.7. The van der Waals surface area contributed by atoms with Crippen LogP contribution in [0.25, 0.3) is 0 Å². The Morgan fingerprint density at radius 2 is 2.00 bits per heavy atom. The summed E-state index contributed by atoms with van der Waals surface area (Å²) in [6, 6.07) is 6.71. The first-order valence-electron chi connectivity index (χ1n) is 7.03. The lowest BCUT2D eigenvalue weighted by atomic mass is 10.2. The van der Waals surface area contributed by atoms with Crippen molar-refractivity contribution in [2.45, 2.75) is 19.5 Å². The molecule has 2 N–H and O–H groups in total. The van der Waals surface area contributed by atoms with E-state index in [1.807, 2.05) is 36.2 Å². The van der Waals surface area contributed by atoms with Crippen LogP contribution in [0.3, 0.4) is 0 Å². The van der Waals surface area contributed by atoms with Gasteiger partial charge in [-0.3, -0.25) is 15.0 Å². The average Bonchev–Trinajstić information content (AvgIpc) is 2.53. The third-order valence-electron chi connectivity index (χ3n) is 3.23. The van der Waals surface area contributed by atoms with Crippen molar-refractivity contribution >= 4 is 11.9 Å². The van der Waals surface area contributed by atoms with Crippen LogP contribution < -0.4 is 15.4 Å². The minimum Gasteiger partial charge on any atom is -0.490 e. The van der Waals surface area contributed by atoms with E-state index in [0.29, 0.717) is 13.2 Å². The van der Waals surface area contributed by atoms with Crippen molar-refractivity contribution in [3.8, 4) is 5.75 Å². The molecule has 0 radical (unpaired) electrons. The predicted octanol–water partition coefficient (Wildman–Crippen LogP) is 1.53. The standard InChI is InChI=1S/C16H23N3O3/c1-5-10-22-14-8-6-13(7-9-14)11-19(4)12(2)15(20)18-16(21)17-3/h5-9,12H,1,10-11H2,2-4H3,(H2,17,18,20,21). The number of rotatable bonds is 7. The molecule has 120 valence electrons. The molecule has 0 aliphatic carbocycles. The SMILES string of the molecule is C=CCOc1ccc(CN(C)C(C)C(=O)NC(=O)NC)cc1. The molecule has 0 fully saturated rings. The summed E-state index contributed by atoms with van der Waals surface area (Å²) in [7, 11) is 3.29. The fraction of sp³-hybridized carbons (Fsp3) is 0.375. The molecular weight excluding hydrogens is 282 g/mol. The molecule has 0 saturated carbocycles. The highest BCUT2D eigenvalue weighted by molar-refractivity contribution is 5.96. The summed E-state index contributed by atoms with van der Waals surface area (Å²) in [5, 5.41) is 4.62. The Morgan fingerprint density at radius 3 is 2.55 bits per heavy atom. The van der Waals surface area contributed by atoms with E-state index >= 15 is 0 Å². The van der Waals surface area contributed by atoms with Crippen LogP contribution in [0.4, 0.5) is 4.79 Å². The summed E-state index contributed by atoms with van der Waals surface area (Å²) in [5.41, 5.74) is 1.05. The molecule has 0 spiro atoms. The highest BCUT2D eigenvalue weighted by Crippen LogP contribution is 2.14. The number of carbonyl (C=O) groups is 2. The summed E-state index contributed by atoms with van der Waals surface area (Å²) in [5.74, 6) is 0.435. The number of benzene rings is 1. The number of hydrogen-bond acceptors (Lipinski definition) is 4. The van der Waals surface area contributed by atoms with Gasteiger partial charge in [0.15, 0.2) is 0 Å². The van der Waals surface area contributed by atoms with Crippen LogP contribution in [-0.2, 0) is 11.3 Å². The maximum absolute atomic E-state index is 11.9. The molecule has 0 bridgehead atoms. The van der Waals surface area contributed by atoms with Crippen molar-refractivity contribution in [1.29, 1.82) is 0 Å². The van der Waals surface area contributed by atoms with E-state index in [1.165, 1.54) is 7.05 Å². The monoisotopic (exact) mass is 305 g/mol. The summed E-state index contributed by atoms with van der Waals surface area (Å²) in [4.78, 5) is 24.9. The number of hydrogen-bond donors (Lipinski definition) is 2. The van der Waals surface area contributed by atoms with Gasteiger partial charge in [0.25, 0.3) is 0 Å². The van der Waals surface area contributed by atoms with E-state index in [4.69, 9.17) is 4.74 Å². The highest BCUT2D eigenvalue weighted by Gasteiger charge is 2.19. The van der Waals surface area contributed by atoms with Gasteiger partial charge in [-0.25, -0.2) is 4.79 Å². The molecule has 3 amide bonds. The third kappa shape index (κ3) is 5.57. The van der Waals surface area contributed by atoms with E-state index in [2.05, 4.69) is 17.2 Å². The van der Waals surface area contributed by atoms with Crippen molar-refractivity contribution in [1.82, 2.24) is 15.5 Å². The Morgan fingerprint density at radius 1 is 1.36 bits per heavy atom. The second-order valence-electron chi connectivity index (χ2n) is 4.90. The van der Waals surface area contributed by atoms with E-state index < -0.39 is 12.1 Å². The summed E-state index contributed by atoms with van der Waals surface area (Å²) in [6.45, 7) is 6.40. The van der Waals surface area contributed by atoms with Gasteiger partial charge in [-0.05, 0) is 31.7 Å². The summed E-state index contributed by atoms with van der Waals surface area (Å²) >= 11 is 0. The number of carbonyl (C=O) groups excluding carboxylic acids is 2. The second-order valence-corrected chi connectivity index (χ2v) is 4.90. The molecule has 1 rings (SSSR count). The third-order valence-corrected chi connectivity index (χ3v) is 3.23. The van der Waals surface area contributed by atoms with Crippen LogP contribution in [-0.4, -0.2) is 43.6 Å². The minimum absolute atomic E-state index is 0.340. The maximum Gasteiger partial charge on any atom is 0.321 e. The number of nitrogens with one attached hydrogen (secondary N) is 2. The number of imide groups is 1. The van der Waals surface area contributed by atoms with Gasteiger partial charge >= 0.3 is 6.03 Å². The Balaban J connectivity index is 2.56. The largest absolute Gasteiger partial charge is 0.490 e. The number of likely N-dealkylation sites (N-methyl/N-ethyl adjacent to an activating group) is 1. The topological polar surface area (TPSA) is 70.7 Å². The van der Waals surface area contributed by atoms with Crippen LogP contribution in [0.15, 0.2) is 36.9 Å². The number of nitrogens with zero attached hydrogens (tertiary/aromatic N) is 1. The van der Waals surface area contributed by atoms with Gasteiger partial charge in [0.1, 0.15) is 12.4 Å². The van der Waals surface area contributed by atoms with E-state index in [0.717, 1.165) is 11.3 Å². The van der Waals surface area contributed by atoms with Crippen molar-refractivity contribution in [2.75, 3.05) is 20.7 Å². The van der Waals surface area contributed by atoms with Gasteiger partial charge in [-0.15, -0.1) is 0 Å². The molecule has 22 heavy (non-hydrogen) atoms. The molecule has 0 saturated heterocycles. The molecule has 6 nitrogen and oxygen atoms in total. The van der Waals surface area contributed by atoms with Gasteiger partial charge in [-0.2, -0.15) is 0 Å². The maximum atomic E-state index is 11.9. The highest BCUT2D eigenvalue weighted by atomic mass is 16.5. The van der Waals surface area contributed by atoms with Crippen LogP contribution in [0.1, 0.15) is 12.5 Å². The fourth-order valence-electron chi connectivity index (χ4n) is 1.75. The zero-order chi connectivity index (χ0) is 16.5. The van der Waals surface area contributed by atoms with Crippen molar-refractivity contribution in [3.05, 3.63) is 42.5 Å². The lowest BCUT2D eigenvalue weighted by Crippen LogP contribution is -2.47. The van der Waals surface area contributed by atoms with Crippen molar-refractivity contribution in [3.63, 3.8) is 0 Å². The summed E-state index contributed by atoms with van der Waals surface area (Å²) < 4.78 is 5.42. The van der Waals surface area contributed by atoms with E-state index in [-0.39, 0.29) is 5.91 Å². The molecule has 0 aliphatic rings. The molecule has 6 heteroatoms. The van der Waals surface area contributed by atoms with Crippen molar-refractivity contribution in [2.24, 2.45) is 0 Å². The van der Waals surface area contributed by atoms with Crippen LogP contribution in [0.5, 0.6) is 5.75 Å².